The Morgan fingerprint density at radius 3 is 2.21 bits per heavy atom. The number of nitrogens with zero attached hydrogens (tertiary/aromatic N) is 1. The second kappa shape index (κ2) is 5.58. The molecule has 0 saturated carbocycles. The van der Waals surface area contributed by atoms with E-state index in [-0.39, 0.29) is 0 Å². The van der Waals surface area contributed by atoms with Gasteiger partial charge in [-0.1, -0.05) is 48.5 Å². The summed E-state index contributed by atoms with van der Waals surface area (Å²) in [6, 6.07) is 17.5. The summed E-state index contributed by atoms with van der Waals surface area (Å²) in [4.78, 5) is 2.57. The molecule has 0 N–H and O–H groups in total. The minimum atomic E-state index is 1.09. The van der Waals surface area contributed by atoms with Crippen molar-refractivity contribution in [3.05, 3.63) is 59.7 Å². The minimum Gasteiger partial charge on any atom is -0.299 e. The fraction of sp³-hybridized carbons (Fsp3) is 0.333. The molecule has 0 radical (unpaired) electrons. The van der Waals surface area contributed by atoms with E-state index in [1.165, 1.54) is 48.2 Å². The lowest BCUT2D eigenvalue weighted by Crippen LogP contribution is -2.18. The van der Waals surface area contributed by atoms with Crippen LogP contribution < -0.4 is 0 Å². The van der Waals surface area contributed by atoms with Gasteiger partial charge < -0.3 is 0 Å². The molecular weight excluding hydrogens is 230 g/mol. The van der Waals surface area contributed by atoms with Gasteiger partial charge in [0.05, 0.1) is 0 Å². The van der Waals surface area contributed by atoms with Gasteiger partial charge in [0.25, 0.3) is 0 Å². The summed E-state index contributed by atoms with van der Waals surface area (Å²) in [7, 11) is 0. The molecule has 3 rings (SSSR count). The molecule has 1 saturated heterocycles. The van der Waals surface area contributed by atoms with Crippen LogP contribution in [0.2, 0.25) is 0 Å². The van der Waals surface area contributed by atoms with Gasteiger partial charge in [-0.2, -0.15) is 0 Å². The molecule has 0 bridgehead atoms. The molecule has 0 unspecified atom stereocenters. The molecule has 1 nitrogen and oxygen atoms in total. The zero-order chi connectivity index (χ0) is 13.1. The molecule has 1 aliphatic heterocycles. The van der Waals surface area contributed by atoms with Crippen molar-refractivity contribution >= 4 is 0 Å². The van der Waals surface area contributed by atoms with Crippen LogP contribution in [0.5, 0.6) is 0 Å². The van der Waals surface area contributed by atoms with Crippen LogP contribution in [0.3, 0.4) is 0 Å². The van der Waals surface area contributed by atoms with Gasteiger partial charge in [-0.05, 0) is 55.1 Å². The fourth-order valence-electron chi connectivity index (χ4n) is 2.98. The molecule has 2 aromatic rings. The first-order chi connectivity index (χ1) is 9.34. The SMILES string of the molecule is Cc1ccccc1-c1ccccc1CN1CCCC1. The first-order valence-corrected chi connectivity index (χ1v) is 7.21. The van der Waals surface area contributed by atoms with E-state index in [0.29, 0.717) is 0 Å². The highest BCUT2D eigenvalue weighted by molar-refractivity contribution is 5.70. The van der Waals surface area contributed by atoms with Gasteiger partial charge in [0, 0.05) is 6.54 Å². The van der Waals surface area contributed by atoms with Crippen molar-refractivity contribution in [2.45, 2.75) is 26.3 Å². The Labute approximate surface area is 115 Å². The number of likely N-dealkylation sites (tertiary alicyclic amines) is 1. The van der Waals surface area contributed by atoms with Crippen molar-refractivity contribution in [1.29, 1.82) is 0 Å². The monoisotopic (exact) mass is 251 g/mol. The lowest BCUT2D eigenvalue weighted by molar-refractivity contribution is 0.332. The molecule has 1 fully saturated rings. The van der Waals surface area contributed by atoms with E-state index in [9.17, 15) is 0 Å². The normalized spacial score (nSPS) is 15.8. The summed E-state index contributed by atoms with van der Waals surface area (Å²) in [6.45, 7) is 5.79. The highest BCUT2D eigenvalue weighted by Gasteiger charge is 2.14. The Balaban J connectivity index is 1.95. The smallest absolute Gasteiger partial charge is 0.0239 e. The molecule has 1 aliphatic rings. The molecular formula is C18H21N. The Hall–Kier alpha value is -1.60. The van der Waals surface area contributed by atoms with E-state index < -0.39 is 0 Å². The standard InChI is InChI=1S/C18H21N/c1-15-8-2-4-10-17(15)18-11-5-3-9-16(18)14-19-12-6-7-13-19/h2-5,8-11H,6-7,12-14H2,1H3. The highest BCUT2D eigenvalue weighted by atomic mass is 15.1. The van der Waals surface area contributed by atoms with E-state index in [1.54, 1.807) is 0 Å². The van der Waals surface area contributed by atoms with Crippen molar-refractivity contribution in [2.75, 3.05) is 13.1 Å². The second-order valence-corrected chi connectivity index (χ2v) is 5.46. The molecule has 1 heteroatoms. The van der Waals surface area contributed by atoms with Gasteiger partial charge >= 0.3 is 0 Å². The predicted octanol–water partition coefficient (Wildman–Crippen LogP) is 4.26. The van der Waals surface area contributed by atoms with E-state index in [0.717, 1.165) is 6.54 Å². The van der Waals surface area contributed by atoms with Gasteiger partial charge in [0.15, 0.2) is 0 Å². The van der Waals surface area contributed by atoms with Crippen LogP contribution in [0.15, 0.2) is 48.5 Å². The van der Waals surface area contributed by atoms with Crippen LogP contribution in [-0.4, -0.2) is 18.0 Å². The van der Waals surface area contributed by atoms with E-state index in [1.807, 2.05) is 0 Å². The third-order valence-electron chi connectivity index (χ3n) is 4.05. The number of hydrogen-bond donors (Lipinski definition) is 0. The Morgan fingerprint density at radius 1 is 0.842 bits per heavy atom. The van der Waals surface area contributed by atoms with Crippen LogP contribution in [0.1, 0.15) is 24.0 Å². The topological polar surface area (TPSA) is 3.24 Å². The van der Waals surface area contributed by atoms with E-state index in [4.69, 9.17) is 0 Å². The van der Waals surface area contributed by atoms with Crippen LogP contribution >= 0.6 is 0 Å². The maximum Gasteiger partial charge on any atom is 0.0239 e. The molecule has 98 valence electrons. The van der Waals surface area contributed by atoms with Gasteiger partial charge in [-0.15, -0.1) is 0 Å². The number of hydrogen-bond acceptors (Lipinski definition) is 1. The lowest BCUT2D eigenvalue weighted by atomic mass is 9.96. The van der Waals surface area contributed by atoms with E-state index in [2.05, 4.69) is 60.4 Å². The zero-order valence-electron chi connectivity index (χ0n) is 11.6. The number of rotatable bonds is 3. The number of benzene rings is 2. The number of aryl methyl sites for hydroxylation is 1. The summed E-state index contributed by atoms with van der Waals surface area (Å²) in [5, 5.41) is 0. The molecule has 0 aromatic heterocycles. The zero-order valence-corrected chi connectivity index (χ0v) is 11.6. The van der Waals surface area contributed by atoms with E-state index >= 15 is 0 Å². The van der Waals surface area contributed by atoms with Crippen LogP contribution in [0, 0.1) is 6.92 Å². The van der Waals surface area contributed by atoms with Crippen LogP contribution in [0.4, 0.5) is 0 Å². The van der Waals surface area contributed by atoms with Crippen LogP contribution in [0.25, 0.3) is 11.1 Å². The van der Waals surface area contributed by atoms with Crippen LogP contribution in [-0.2, 0) is 6.54 Å². The molecule has 0 aliphatic carbocycles. The summed E-state index contributed by atoms with van der Waals surface area (Å²) in [5.41, 5.74) is 5.58. The molecule has 1 heterocycles. The summed E-state index contributed by atoms with van der Waals surface area (Å²) >= 11 is 0. The predicted molar refractivity (Wildman–Crippen MR) is 81.1 cm³/mol. The summed E-state index contributed by atoms with van der Waals surface area (Å²) in [5.74, 6) is 0. The first kappa shape index (κ1) is 12.4. The van der Waals surface area contributed by atoms with Crippen molar-refractivity contribution in [3.63, 3.8) is 0 Å². The summed E-state index contributed by atoms with van der Waals surface area (Å²) in [6.07, 6.45) is 2.71. The second-order valence-electron chi connectivity index (χ2n) is 5.46. The highest BCUT2D eigenvalue weighted by Crippen LogP contribution is 2.28. The first-order valence-electron chi connectivity index (χ1n) is 7.21. The Kier molecular flexibility index (Phi) is 3.65. The maximum atomic E-state index is 2.57. The third kappa shape index (κ3) is 2.71. The molecule has 0 atom stereocenters. The van der Waals surface area contributed by atoms with Crippen molar-refractivity contribution in [2.24, 2.45) is 0 Å². The quantitative estimate of drug-likeness (QED) is 0.788. The van der Waals surface area contributed by atoms with Gasteiger partial charge in [-0.25, -0.2) is 0 Å². The van der Waals surface area contributed by atoms with Crippen molar-refractivity contribution < 1.29 is 0 Å². The average molecular weight is 251 g/mol. The van der Waals surface area contributed by atoms with Gasteiger partial charge in [0.2, 0.25) is 0 Å². The molecule has 0 spiro atoms. The lowest BCUT2D eigenvalue weighted by Gasteiger charge is -2.18. The molecule has 19 heavy (non-hydrogen) atoms. The van der Waals surface area contributed by atoms with Gasteiger partial charge in [0.1, 0.15) is 0 Å². The minimum absolute atomic E-state index is 1.09. The Morgan fingerprint density at radius 2 is 1.47 bits per heavy atom. The summed E-state index contributed by atoms with van der Waals surface area (Å²) < 4.78 is 0. The largest absolute Gasteiger partial charge is 0.299 e. The van der Waals surface area contributed by atoms with Gasteiger partial charge in [-0.3, -0.25) is 4.90 Å². The molecule has 0 amide bonds. The molecule has 2 aromatic carbocycles. The average Bonchev–Trinajstić information content (AvgIpc) is 2.93. The fourth-order valence-corrected chi connectivity index (χ4v) is 2.98. The van der Waals surface area contributed by atoms with Crippen molar-refractivity contribution in [1.82, 2.24) is 4.90 Å². The van der Waals surface area contributed by atoms with Crippen molar-refractivity contribution in [3.8, 4) is 11.1 Å². The maximum absolute atomic E-state index is 2.57. The Bertz CT molecular complexity index is 553. The third-order valence-corrected chi connectivity index (χ3v) is 4.05.